The molecule has 4 rings (SSSR count). The average molecular weight is 376 g/mol. The van der Waals surface area contributed by atoms with E-state index >= 15 is 0 Å². The predicted molar refractivity (Wildman–Crippen MR) is 104 cm³/mol. The fourth-order valence-electron chi connectivity index (χ4n) is 2.76. The topological polar surface area (TPSA) is 110 Å². The summed E-state index contributed by atoms with van der Waals surface area (Å²) in [5, 5.41) is 9.97. The molecular weight excluding hydrogens is 356 g/mol. The maximum Gasteiger partial charge on any atom is 0.251 e. The fourth-order valence-corrected chi connectivity index (χ4v) is 2.76. The molecule has 0 aliphatic rings. The molecule has 0 unspecified atom stereocenters. The maximum absolute atomic E-state index is 12.4. The molecule has 0 aliphatic carbocycles. The van der Waals surface area contributed by atoms with Gasteiger partial charge in [0.05, 0.1) is 0 Å². The van der Waals surface area contributed by atoms with Crippen LogP contribution in [0.25, 0.3) is 22.5 Å². The van der Waals surface area contributed by atoms with Crippen molar-refractivity contribution in [3.63, 3.8) is 0 Å². The second-order valence-corrected chi connectivity index (χ2v) is 6.74. The zero-order valence-electron chi connectivity index (χ0n) is 15.6. The van der Waals surface area contributed by atoms with Crippen LogP contribution in [0.3, 0.4) is 0 Å². The second-order valence-electron chi connectivity index (χ2n) is 6.74. The number of pyridine rings is 1. The highest BCUT2D eigenvalue weighted by molar-refractivity contribution is 5.97. The van der Waals surface area contributed by atoms with Gasteiger partial charge in [0.2, 0.25) is 0 Å². The van der Waals surface area contributed by atoms with Gasteiger partial charge in [0.25, 0.3) is 5.91 Å². The van der Waals surface area contributed by atoms with Crippen LogP contribution < -0.4 is 5.32 Å². The van der Waals surface area contributed by atoms with Crippen molar-refractivity contribution >= 4 is 17.0 Å². The van der Waals surface area contributed by atoms with Crippen molar-refractivity contribution in [2.75, 3.05) is 6.54 Å². The molecule has 8 heteroatoms. The van der Waals surface area contributed by atoms with Gasteiger partial charge in [0.15, 0.2) is 17.3 Å². The third-order valence-corrected chi connectivity index (χ3v) is 4.26. The Balaban J connectivity index is 1.37. The van der Waals surface area contributed by atoms with Crippen LogP contribution in [0.2, 0.25) is 0 Å². The molecule has 142 valence electrons. The van der Waals surface area contributed by atoms with E-state index in [4.69, 9.17) is 4.42 Å². The molecular formula is C20H20N6O2. The molecule has 0 bridgehead atoms. The lowest BCUT2D eigenvalue weighted by molar-refractivity contribution is 0.0954. The van der Waals surface area contributed by atoms with Crippen LogP contribution in [-0.4, -0.2) is 37.6 Å². The van der Waals surface area contributed by atoms with E-state index in [1.165, 1.54) is 0 Å². The zero-order valence-corrected chi connectivity index (χ0v) is 15.6. The summed E-state index contributed by atoms with van der Waals surface area (Å²) >= 11 is 0. The van der Waals surface area contributed by atoms with Gasteiger partial charge >= 0.3 is 0 Å². The minimum absolute atomic E-state index is 0.164. The third-order valence-electron chi connectivity index (χ3n) is 4.26. The average Bonchev–Trinajstić information content (AvgIpc) is 3.35. The zero-order chi connectivity index (χ0) is 19.5. The van der Waals surface area contributed by atoms with Gasteiger partial charge < -0.3 is 9.73 Å². The van der Waals surface area contributed by atoms with Gasteiger partial charge in [-0.2, -0.15) is 5.10 Å². The Hall–Kier alpha value is -3.55. The van der Waals surface area contributed by atoms with Crippen molar-refractivity contribution < 1.29 is 9.21 Å². The lowest BCUT2D eigenvalue weighted by Crippen LogP contribution is -2.25. The molecule has 8 nitrogen and oxygen atoms in total. The summed E-state index contributed by atoms with van der Waals surface area (Å²) in [4.78, 5) is 25.4. The number of oxazole rings is 1. The number of carbonyl (C=O) groups excluding carboxylic acids is 1. The van der Waals surface area contributed by atoms with Crippen LogP contribution in [0, 0.1) is 0 Å². The highest BCUT2D eigenvalue weighted by Gasteiger charge is 2.13. The molecule has 1 aromatic carbocycles. The minimum Gasteiger partial charge on any atom is -0.440 e. The number of aromatic amines is 1. The summed E-state index contributed by atoms with van der Waals surface area (Å²) in [6.07, 6.45) is 3.95. The number of H-pyrrole nitrogens is 1. The number of amides is 1. The smallest absolute Gasteiger partial charge is 0.251 e. The van der Waals surface area contributed by atoms with E-state index in [9.17, 15) is 4.79 Å². The van der Waals surface area contributed by atoms with Crippen LogP contribution in [0.15, 0.2) is 47.1 Å². The van der Waals surface area contributed by atoms with Gasteiger partial charge in [0, 0.05) is 42.4 Å². The number of carbonyl (C=O) groups is 1. The van der Waals surface area contributed by atoms with Gasteiger partial charge in [-0.25, -0.2) is 9.97 Å². The molecule has 0 fully saturated rings. The largest absolute Gasteiger partial charge is 0.440 e. The standard InChI is InChI=1S/C20H20N6O2/c1-12(2)20-23-15-10-13(5-6-16(15)28-20)19(27)22-9-7-17-24-18(26-25-17)14-4-3-8-21-11-14/h3-6,8,10-12H,7,9H2,1-2H3,(H,22,27)(H,24,25,26). The number of hydrogen-bond donors (Lipinski definition) is 2. The third kappa shape index (κ3) is 3.75. The summed E-state index contributed by atoms with van der Waals surface area (Å²) < 4.78 is 5.68. The predicted octanol–water partition coefficient (Wildman–Crippen LogP) is 3.10. The van der Waals surface area contributed by atoms with Crippen LogP contribution in [0.1, 0.15) is 41.8 Å². The van der Waals surface area contributed by atoms with E-state index in [1.807, 2.05) is 26.0 Å². The van der Waals surface area contributed by atoms with E-state index in [1.54, 1.807) is 30.6 Å². The SMILES string of the molecule is CC(C)c1nc2cc(C(=O)NCCc3nc(-c4cccnc4)n[nH]3)ccc2o1. The van der Waals surface area contributed by atoms with Crippen LogP contribution in [-0.2, 0) is 6.42 Å². The number of hydrogen-bond acceptors (Lipinski definition) is 6. The highest BCUT2D eigenvalue weighted by atomic mass is 16.3. The lowest BCUT2D eigenvalue weighted by atomic mass is 10.2. The molecule has 0 radical (unpaired) electrons. The van der Waals surface area contributed by atoms with Gasteiger partial charge in [-0.1, -0.05) is 13.8 Å². The molecule has 28 heavy (non-hydrogen) atoms. The summed E-state index contributed by atoms with van der Waals surface area (Å²) in [6.45, 7) is 4.47. The molecule has 0 aliphatic heterocycles. The molecule has 3 heterocycles. The van der Waals surface area contributed by atoms with Crippen molar-refractivity contribution in [3.8, 4) is 11.4 Å². The van der Waals surface area contributed by atoms with Crippen molar-refractivity contribution in [1.29, 1.82) is 0 Å². The molecule has 3 aromatic heterocycles. The number of benzene rings is 1. The van der Waals surface area contributed by atoms with E-state index in [0.717, 1.165) is 5.56 Å². The molecule has 0 saturated heterocycles. The van der Waals surface area contributed by atoms with Crippen molar-refractivity contribution in [2.45, 2.75) is 26.2 Å². The van der Waals surface area contributed by atoms with Crippen molar-refractivity contribution in [2.24, 2.45) is 0 Å². The lowest BCUT2D eigenvalue weighted by Gasteiger charge is -2.03. The summed E-state index contributed by atoms with van der Waals surface area (Å²) in [6, 6.07) is 8.99. The second kappa shape index (κ2) is 7.59. The number of aromatic nitrogens is 5. The van der Waals surface area contributed by atoms with E-state index in [-0.39, 0.29) is 11.8 Å². The number of nitrogens with zero attached hydrogens (tertiary/aromatic N) is 4. The summed E-state index contributed by atoms with van der Waals surface area (Å²) in [5.74, 6) is 1.99. The number of fused-ring (bicyclic) bond motifs is 1. The van der Waals surface area contributed by atoms with E-state index in [0.29, 0.717) is 47.2 Å². The van der Waals surface area contributed by atoms with Gasteiger partial charge in [-0.3, -0.25) is 14.9 Å². The van der Waals surface area contributed by atoms with Crippen molar-refractivity contribution in [3.05, 3.63) is 60.0 Å². The fraction of sp³-hybridized carbons (Fsp3) is 0.250. The highest BCUT2D eigenvalue weighted by Crippen LogP contribution is 2.22. The van der Waals surface area contributed by atoms with Crippen LogP contribution >= 0.6 is 0 Å². The maximum atomic E-state index is 12.4. The molecule has 0 saturated carbocycles. The first-order valence-corrected chi connectivity index (χ1v) is 9.10. The quantitative estimate of drug-likeness (QED) is 0.535. The van der Waals surface area contributed by atoms with Gasteiger partial charge in [-0.15, -0.1) is 0 Å². The number of rotatable bonds is 6. The van der Waals surface area contributed by atoms with Crippen LogP contribution in [0.4, 0.5) is 0 Å². The Morgan fingerprint density at radius 1 is 1.25 bits per heavy atom. The summed E-state index contributed by atoms with van der Waals surface area (Å²) in [7, 11) is 0. The minimum atomic E-state index is -0.164. The molecule has 0 atom stereocenters. The van der Waals surface area contributed by atoms with E-state index < -0.39 is 0 Å². The van der Waals surface area contributed by atoms with E-state index in [2.05, 4.69) is 30.5 Å². The van der Waals surface area contributed by atoms with Crippen LogP contribution in [0.5, 0.6) is 0 Å². The normalized spacial score (nSPS) is 11.2. The Bertz CT molecular complexity index is 1100. The summed E-state index contributed by atoms with van der Waals surface area (Å²) in [5.41, 5.74) is 2.76. The van der Waals surface area contributed by atoms with Gasteiger partial charge in [0.1, 0.15) is 11.3 Å². The number of nitrogens with one attached hydrogen (secondary N) is 2. The molecule has 1 amide bonds. The Morgan fingerprint density at radius 3 is 2.93 bits per heavy atom. The Kier molecular flexibility index (Phi) is 4.84. The monoisotopic (exact) mass is 376 g/mol. The first-order valence-electron chi connectivity index (χ1n) is 9.10. The molecule has 0 spiro atoms. The first kappa shape index (κ1) is 17.8. The first-order chi connectivity index (χ1) is 13.6. The Morgan fingerprint density at radius 2 is 2.14 bits per heavy atom. The molecule has 4 aromatic rings. The molecule has 2 N–H and O–H groups in total. The van der Waals surface area contributed by atoms with Crippen molar-refractivity contribution in [1.82, 2.24) is 30.5 Å². The Labute approximate surface area is 161 Å². The van der Waals surface area contributed by atoms with Gasteiger partial charge in [-0.05, 0) is 30.3 Å².